The highest BCUT2D eigenvalue weighted by atomic mass is 32.2. The lowest BCUT2D eigenvalue weighted by molar-refractivity contribution is -0.139. The van der Waals surface area contributed by atoms with Gasteiger partial charge < -0.3 is 24.6 Å². The van der Waals surface area contributed by atoms with Crippen LogP contribution in [0.4, 0.5) is 5.69 Å². The van der Waals surface area contributed by atoms with E-state index in [1.54, 1.807) is 18.2 Å². The first-order chi connectivity index (χ1) is 14.6. The number of para-hydroxylation sites is 2. The van der Waals surface area contributed by atoms with Crippen LogP contribution in [0.1, 0.15) is 11.8 Å². The number of fused-ring (bicyclic) bond motifs is 3. The van der Waals surface area contributed by atoms with Gasteiger partial charge in [-0.15, -0.1) is 10.2 Å². The predicted molar refractivity (Wildman–Crippen MR) is 110 cm³/mol. The van der Waals surface area contributed by atoms with Crippen molar-refractivity contribution in [1.29, 1.82) is 0 Å². The summed E-state index contributed by atoms with van der Waals surface area (Å²) in [5.74, 6) is -0.127. The number of thioether (sulfide) groups is 1. The van der Waals surface area contributed by atoms with E-state index in [4.69, 9.17) is 19.3 Å². The summed E-state index contributed by atoms with van der Waals surface area (Å²) >= 11 is 1.35. The minimum absolute atomic E-state index is 0.271. The van der Waals surface area contributed by atoms with Crippen LogP contribution >= 0.6 is 11.8 Å². The Morgan fingerprint density at radius 1 is 1.23 bits per heavy atom. The molecule has 0 aliphatic carbocycles. The fourth-order valence-electron chi connectivity index (χ4n) is 3.06. The number of benzene rings is 2. The molecule has 0 bridgehead atoms. The molecule has 2 heterocycles. The van der Waals surface area contributed by atoms with Gasteiger partial charge in [-0.1, -0.05) is 36.0 Å². The molecule has 0 saturated carbocycles. The van der Waals surface area contributed by atoms with Gasteiger partial charge in [0.15, 0.2) is 23.8 Å². The van der Waals surface area contributed by atoms with Crippen molar-refractivity contribution < 1.29 is 24.1 Å². The van der Waals surface area contributed by atoms with Crippen LogP contribution in [-0.4, -0.2) is 46.2 Å². The minimum atomic E-state index is -1.10. The lowest BCUT2D eigenvalue weighted by atomic mass is 10.1. The van der Waals surface area contributed by atoms with Gasteiger partial charge >= 0.3 is 5.97 Å². The highest BCUT2D eigenvalue weighted by Crippen LogP contribution is 2.43. The van der Waals surface area contributed by atoms with Gasteiger partial charge in [0.05, 0.1) is 12.7 Å². The van der Waals surface area contributed by atoms with Crippen molar-refractivity contribution in [3.63, 3.8) is 0 Å². The molecule has 1 unspecified atom stereocenters. The van der Waals surface area contributed by atoms with Crippen molar-refractivity contribution in [1.82, 2.24) is 15.2 Å². The summed E-state index contributed by atoms with van der Waals surface area (Å²) < 4.78 is 17.1. The Morgan fingerprint density at radius 2 is 2.07 bits per heavy atom. The molecule has 1 aliphatic heterocycles. The van der Waals surface area contributed by atoms with Crippen LogP contribution < -0.4 is 19.5 Å². The molecular formula is C20H18N4O5S. The molecule has 9 nitrogen and oxygen atoms in total. The summed E-state index contributed by atoms with van der Waals surface area (Å²) in [6.45, 7) is -0.520. The van der Waals surface area contributed by atoms with Gasteiger partial charge in [-0.2, -0.15) is 4.98 Å². The Balaban J connectivity index is 1.83. The maximum Gasteiger partial charge on any atom is 0.341 e. The van der Waals surface area contributed by atoms with Crippen LogP contribution in [-0.2, 0) is 4.79 Å². The van der Waals surface area contributed by atoms with Crippen LogP contribution in [0.5, 0.6) is 17.4 Å². The first-order valence-electron chi connectivity index (χ1n) is 8.93. The van der Waals surface area contributed by atoms with Crippen LogP contribution in [0.3, 0.4) is 0 Å². The van der Waals surface area contributed by atoms with Gasteiger partial charge in [0.25, 0.3) is 0 Å². The Hall–Kier alpha value is -3.53. The Morgan fingerprint density at radius 3 is 2.83 bits per heavy atom. The van der Waals surface area contributed by atoms with E-state index in [1.807, 2.05) is 30.5 Å². The van der Waals surface area contributed by atoms with Crippen LogP contribution in [0.2, 0.25) is 0 Å². The van der Waals surface area contributed by atoms with Gasteiger partial charge in [0.2, 0.25) is 17.3 Å². The molecule has 4 rings (SSSR count). The number of aliphatic carboxylic acids is 1. The van der Waals surface area contributed by atoms with E-state index in [0.29, 0.717) is 28.0 Å². The number of ether oxygens (including phenoxy) is 3. The Bertz CT molecular complexity index is 1090. The topological polar surface area (TPSA) is 116 Å². The molecular weight excluding hydrogens is 408 g/mol. The summed E-state index contributed by atoms with van der Waals surface area (Å²) in [7, 11) is 1.49. The normalized spacial score (nSPS) is 14.4. The lowest BCUT2D eigenvalue weighted by Gasteiger charge is -2.22. The number of methoxy groups -OCH3 is 1. The fourth-order valence-corrected chi connectivity index (χ4v) is 3.36. The van der Waals surface area contributed by atoms with Crippen molar-refractivity contribution in [2.45, 2.75) is 11.4 Å². The van der Waals surface area contributed by atoms with E-state index in [-0.39, 0.29) is 5.75 Å². The lowest BCUT2D eigenvalue weighted by Crippen LogP contribution is -2.20. The molecule has 1 atom stereocenters. The zero-order valence-corrected chi connectivity index (χ0v) is 17.0. The number of carboxylic acids is 1. The summed E-state index contributed by atoms with van der Waals surface area (Å²) in [5, 5.41) is 21.3. The maximum atomic E-state index is 11.1. The molecule has 1 aliphatic rings. The van der Waals surface area contributed by atoms with E-state index >= 15 is 0 Å². The zero-order chi connectivity index (χ0) is 21.1. The third kappa shape index (κ3) is 3.81. The quantitative estimate of drug-likeness (QED) is 0.569. The van der Waals surface area contributed by atoms with E-state index in [2.05, 4.69) is 20.5 Å². The molecule has 0 spiro atoms. The Kier molecular flexibility index (Phi) is 5.57. The minimum Gasteiger partial charge on any atom is -0.493 e. The van der Waals surface area contributed by atoms with E-state index in [0.717, 1.165) is 11.3 Å². The van der Waals surface area contributed by atoms with E-state index < -0.39 is 18.8 Å². The molecule has 0 radical (unpaired) electrons. The average molecular weight is 426 g/mol. The largest absolute Gasteiger partial charge is 0.493 e. The fraction of sp³-hybridized carbons (Fsp3) is 0.200. The van der Waals surface area contributed by atoms with Crippen molar-refractivity contribution in [3.8, 4) is 28.6 Å². The maximum absolute atomic E-state index is 11.1. The molecule has 2 N–H and O–H groups in total. The first-order valence-corrected chi connectivity index (χ1v) is 10.2. The Labute approximate surface area is 176 Å². The number of carboxylic acid groups (broad SMARTS) is 1. The standard InChI is InChI=1S/C20H18N4O5S/c1-27-14-9-5-7-12(17(14)28-10-15(25)26)18-21-13-8-4-3-6-11(13)16-19(29-18)22-20(30-2)24-23-16/h3-9,18,21H,10H2,1-2H3,(H,25,26). The number of aromatic nitrogens is 3. The molecule has 154 valence electrons. The number of hydrogen-bond donors (Lipinski definition) is 2. The number of hydrogen-bond acceptors (Lipinski definition) is 9. The average Bonchev–Trinajstić information content (AvgIpc) is 2.93. The third-order valence-corrected chi connectivity index (χ3v) is 4.91. The van der Waals surface area contributed by atoms with Gasteiger partial charge in [-0.25, -0.2) is 4.79 Å². The van der Waals surface area contributed by atoms with Gasteiger partial charge in [0, 0.05) is 11.3 Å². The SMILES string of the molecule is COc1cccc(C2Nc3ccccc3-c3nnc(SC)nc3O2)c1OCC(=O)O. The molecule has 0 amide bonds. The van der Waals surface area contributed by atoms with E-state index in [9.17, 15) is 4.79 Å². The zero-order valence-electron chi connectivity index (χ0n) is 16.2. The van der Waals surface area contributed by atoms with Crippen LogP contribution in [0.15, 0.2) is 47.6 Å². The summed E-state index contributed by atoms with van der Waals surface area (Å²) in [6, 6.07) is 12.8. The summed E-state index contributed by atoms with van der Waals surface area (Å²) in [5.41, 5.74) is 2.62. The molecule has 10 heteroatoms. The number of anilines is 1. The number of nitrogens with zero attached hydrogens (tertiary/aromatic N) is 3. The van der Waals surface area contributed by atoms with Crippen molar-refractivity contribution in [3.05, 3.63) is 48.0 Å². The smallest absolute Gasteiger partial charge is 0.341 e. The monoisotopic (exact) mass is 426 g/mol. The summed E-state index contributed by atoms with van der Waals surface area (Å²) in [4.78, 5) is 15.5. The molecule has 30 heavy (non-hydrogen) atoms. The second-order valence-electron chi connectivity index (χ2n) is 6.20. The van der Waals surface area contributed by atoms with Crippen molar-refractivity contribution >= 4 is 23.4 Å². The second-order valence-corrected chi connectivity index (χ2v) is 6.97. The van der Waals surface area contributed by atoms with Crippen LogP contribution in [0, 0.1) is 0 Å². The molecule has 1 aromatic heterocycles. The van der Waals surface area contributed by atoms with E-state index in [1.165, 1.54) is 18.9 Å². The number of rotatable bonds is 6. The first kappa shape index (κ1) is 19.8. The third-order valence-electron chi connectivity index (χ3n) is 4.37. The number of nitrogens with one attached hydrogen (secondary N) is 1. The van der Waals surface area contributed by atoms with Crippen molar-refractivity contribution in [2.24, 2.45) is 0 Å². The van der Waals surface area contributed by atoms with Crippen LogP contribution in [0.25, 0.3) is 11.3 Å². The van der Waals surface area contributed by atoms with Gasteiger partial charge in [0.1, 0.15) is 0 Å². The second kappa shape index (κ2) is 8.46. The van der Waals surface area contributed by atoms with Gasteiger partial charge in [-0.05, 0) is 24.5 Å². The number of carbonyl (C=O) groups is 1. The highest BCUT2D eigenvalue weighted by molar-refractivity contribution is 7.98. The highest BCUT2D eigenvalue weighted by Gasteiger charge is 2.29. The van der Waals surface area contributed by atoms with Gasteiger partial charge in [-0.3, -0.25) is 0 Å². The molecule has 3 aromatic rings. The molecule has 0 saturated heterocycles. The molecule has 2 aromatic carbocycles. The predicted octanol–water partition coefficient (Wildman–Crippen LogP) is 3.24. The summed E-state index contributed by atoms with van der Waals surface area (Å²) in [6.07, 6.45) is 1.11. The molecule has 0 fully saturated rings. The van der Waals surface area contributed by atoms with Crippen molar-refractivity contribution in [2.75, 3.05) is 25.3 Å².